The first-order valence-electron chi connectivity index (χ1n) is 11.9. The molecule has 2 aromatic carbocycles. The summed E-state index contributed by atoms with van der Waals surface area (Å²) in [7, 11) is 1.80. The number of carbonyl (C=O) groups excluding carboxylic acids is 1. The highest BCUT2D eigenvalue weighted by atomic mass is 16.5. The first-order valence-corrected chi connectivity index (χ1v) is 11.9. The summed E-state index contributed by atoms with van der Waals surface area (Å²) >= 11 is 0. The standard InChI is InChI=1S/C26H35N5O2/c1-19-13-23(17-31(19)16-20-7-4-3-5-8-20)30-26(27-2)28-15-21-9-6-10-24(14-21)33-18-25(32)29-22-11-12-22/h3-10,14,19,22-23H,11-13,15-18H2,1-2H3,(H,29,32)(H2,27,28,30). The van der Waals surface area contributed by atoms with E-state index in [0.717, 1.165) is 43.9 Å². The van der Waals surface area contributed by atoms with Crippen LogP contribution in [-0.4, -0.2) is 55.1 Å². The predicted molar refractivity (Wildman–Crippen MR) is 131 cm³/mol. The van der Waals surface area contributed by atoms with Gasteiger partial charge in [0.1, 0.15) is 5.75 Å². The molecule has 1 aliphatic carbocycles. The Morgan fingerprint density at radius 1 is 1.06 bits per heavy atom. The Bertz CT molecular complexity index is 945. The summed E-state index contributed by atoms with van der Waals surface area (Å²) in [6, 6.07) is 19.7. The largest absolute Gasteiger partial charge is 0.484 e. The fourth-order valence-electron chi connectivity index (χ4n) is 4.21. The van der Waals surface area contributed by atoms with E-state index in [1.54, 1.807) is 7.05 Å². The lowest BCUT2D eigenvalue weighted by atomic mass is 10.2. The maximum atomic E-state index is 11.8. The minimum absolute atomic E-state index is 0.0515. The smallest absolute Gasteiger partial charge is 0.258 e. The van der Waals surface area contributed by atoms with E-state index in [1.165, 1.54) is 5.56 Å². The van der Waals surface area contributed by atoms with E-state index in [9.17, 15) is 4.79 Å². The van der Waals surface area contributed by atoms with E-state index in [0.29, 0.717) is 30.4 Å². The van der Waals surface area contributed by atoms with Crippen molar-refractivity contribution >= 4 is 11.9 Å². The normalized spacial score (nSPS) is 21.0. The summed E-state index contributed by atoms with van der Waals surface area (Å²) in [5.74, 6) is 1.44. The van der Waals surface area contributed by atoms with Crippen molar-refractivity contribution in [3.63, 3.8) is 0 Å². The number of rotatable bonds is 9. The molecule has 1 heterocycles. The van der Waals surface area contributed by atoms with Crippen molar-refractivity contribution in [1.82, 2.24) is 20.9 Å². The van der Waals surface area contributed by atoms with E-state index in [-0.39, 0.29) is 12.5 Å². The highest BCUT2D eigenvalue weighted by Gasteiger charge is 2.29. The molecule has 0 bridgehead atoms. The van der Waals surface area contributed by atoms with Gasteiger partial charge >= 0.3 is 0 Å². The van der Waals surface area contributed by atoms with E-state index < -0.39 is 0 Å². The Kier molecular flexibility index (Phi) is 7.83. The molecule has 2 aromatic rings. The number of nitrogens with one attached hydrogen (secondary N) is 3. The number of guanidine groups is 1. The van der Waals surface area contributed by atoms with Crippen molar-refractivity contribution in [2.24, 2.45) is 4.99 Å². The minimum atomic E-state index is -0.0577. The van der Waals surface area contributed by atoms with Gasteiger partial charge in [0.15, 0.2) is 12.6 Å². The van der Waals surface area contributed by atoms with Crippen LogP contribution < -0.4 is 20.7 Å². The van der Waals surface area contributed by atoms with Crippen molar-refractivity contribution in [1.29, 1.82) is 0 Å². The average Bonchev–Trinajstić information content (AvgIpc) is 3.58. The van der Waals surface area contributed by atoms with Crippen LogP contribution in [0.2, 0.25) is 0 Å². The summed E-state index contributed by atoms with van der Waals surface area (Å²) in [5, 5.41) is 9.91. The lowest BCUT2D eigenvalue weighted by Crippen LogP contribution is -2.44. The van der Waals surface area contributed by atoms with Gasteiger partial charge in [0.05, 0.1) is 0 Å². The molecule has 1 amide bonds. The number of benzene rings is 2. The maximum absolute atomic E-state index is 11.8. The zero-order chi connectivity index (χ0) is 23.0. The first kappa shape index (κ1) is 23.1. The van der Waals surface area contributed by atoms with E-state index >= 15 is 0 Å². The van der Waals surface area contributed by atoms with Gasteiger partial charge in [0, 0.05) is 44.8 Å². The van der Waals surface area contributed by atoms with Gasteiger partial charge in [0.25, 0.3) is 5.91 Å². The molecule has 2 aliphatic rings. The SMILES string of the molecule is CN=C(NCc1cccc(OCC(=O)NC2CC2)c1)NC1CC(C)N(Cc2ccccc2)C1. The molecule has 3 N–H and O–H groups in total. The molecular weight excluding hydrogens is 414 g/mol. The van der Waals surface area contributed by atoms with Gasteiger partial charge < -0.3 is 20.7 Å². The zero-order valence-corrected chi connectivity index (χ0v) is 19.6. The predicted octanol–water partition coefficient (Wildman–Crippen LogP) is 2.67. The number of ether oxygens (including phenoxy) is 1. The van der Waals surface area contributed by atoms with E-state index in [1.807, 2.05) is 24.3 Å². The summed E-state index contributed by atoms with van der Waals surface area (Å²) in [6.07, 6.45) is 3.24. The molecular formula is C26H35N5O2. The molecule has 0 radical (unpaired) electrons. The number of likely N-dealkylation sites (tertiary alicyclic amines) is 1. The van der Waals surface area contributed by atoms with Gasteiger partial charge in [-0.05, 0) is 49.4 Å². The van der Waals surface area contributed by atoms with E-state index in [4.69, 9.17) is 4.74 Å². The number of hydrogen-bond donors (Lipinski definition) is 3. The third-order valence-corrected chi connectivity index (χ3v) is 6.17. The van der Waals surface area contributed by atoms with Crippen LogP contribution in [0.15, 0.2) is 59.6 Å². The highest BCUT2D eigenvalue weighted by Crippen LogP contribution is 2.20. The molecule has 0 aromatic heterocycles. The summed E-state index contributed by atoms with van der Waals surface area (Å²) < 4.78 is 5.66. The Morgan fingerprint density at radius 2 is 1.85 bits per heavy atom. The third kappa shape index (κ3) is 7.22. The van der Waals surface area contributed by atoms with Gasteiger partial charge in [0.2, 0.25) is 0 Å². The zero-order valence-electron chi connectivity index (χ0n) is 19.6. The molecule has 2 fully saturated rings. The summed E-state index contributed by atoms with van der Waals surface area (Å²) in [5.41, 5.74) is 2.42. The highest BCUT2D eigenvalue weighted by molar-refractivity contribution is 5.80. The van der Waals surface area contributed by atoms with Crippen LogP contribution in [0.1, 0.15) is 37.3 Å². The van der Waals surface area contributed by atoms with Gasteiger partial charge in [-0.25, -0.2) is 0 Å². The van der Waals surface area contributed by atoms with Crippen LogP contribution in [0.4, 0.5) is 0 Å². The Hall–Kier alpha value is -3.06. The molecule has 2 atom stereocenters. The molecule has 4 rings (SSSR count). The molecule has 1 saturated heterocycles. The number of amides is 1. The summed E-state index contributed by atoms with van der Waals surface area (Å²) in [4.78, 5) is 18.8. The lowest BCUT2D eigenvalue weighted by molar-refractivity contribution is -0.123. The number of hydrogen-bond acceptors (Lipinski definition) is 4. The fourth-order valence-corrected chi connectivity index (χ4v) is 4.21. The molecule has 176 valence electrons. The van der Waals surface area contributed by atoms with E-state index in [2.05, 4.69) is 63.1 Å². The monoisotopic (exact) mass is 449 g/mol. The number of carbonyl (C=O) groups is 1. The topological polar surface area (TPSA) is 78.0 Å². The first-order chi connectivity index (χ1) is 16.1. The second-order valence-electron chi connectivity index (χ2n) is 9.04. The van der Waals surface area contributed by atoms with Crippen molar-refractivity contribution in [2.75, 3.05) is 20.2 Å². The van der Waals surface area contributed by atoms with Crippen molar-refractivity contribution in [3.05, 3.63) is 65.7 Å². The fraction of sp³-hybridized carbons (Fsp3) is 0.462. The van der Waals surface area contributed by atoms with Crippen molar-refractivity contribution in [3.8, 4) is 5.75 Å². The molecule has 7 heteroatoms. The number of nitrogens with zero attached hydrogens (tertiary/aromatic N) is 2. The maximum Gasteiger partial charge on any atom is 0.258 e. The van der Waals surface area contributed by atoms with Crippen LogP contribution in [0.3, 0.4) is 0 Å². The van der Waals surface area contributed by atoms with Gasteiger partial charge in [-0.3, -0.25) is 14.7 Å². The van der Waals surface area contributed by atoms with Gasteiger partial charge in [-0.15, -0.1) is 0 Å². The molecule has 33 heavy (non-hydrogen) atoms. The Balaban J connectivity index is 1.22. The van der Waals surface area contributed by atoms with Crippen LogP contribution >= 0.6 is 0 Å². The molecule has 7 nitrogen and oxygen atoms in total. The third-order valence-electron chi connectivity index (χ3n) is 6.17. The number of aliphatic imine (C=N–C) groups is 1. The quantitative estimate of drug-likeness (QED) is 0.405. The van der Waals surface area contributed by atoms with Crippen LogP contribution in [0.25, 0.3) is 0 Å². The Morgan fingerprint density at radius 3 is 2.61 bits per heavy atom. The van der Waals surface area contributed by atoms with Crippen molar-refractivity contribution in [2.45, 2.75) is 57.4 Å². The molecule has 0 spiro atoms. The van der Waals surface area contributed by atoms with Gasteiger partial charge in [-0.1, -0.05) is 42.5 Å². The van der Waals surface area contributed by atoms with Crippen LogP contribution in [0.5, 0.6) is 5.75 Å². The second kappa shape index (κ2) is 11.2. The average molecular weight is 450 g/mol. The van der Waals surface area contributed by atoms with Crippen LogP contribution in [-0.2, 0) is 17.9 Å². The lowest BCUT2D eigenvalue weighted by Gasteiger charge is -2.21. The van der Waals surface area contributed by atoms with Gasteiger partial charge in [-0.2, -0.15) is 0 Å². The summed E-state index contributed by atoms with van der Waals surface area (Å²) in [6.45, 7) is 4.93. The molecule has 1 aliphatic heterocycles. The second-order valence-corrected chi connectivity index (χ2v) is 9.04. The Labute approximate surface area is 196 Å². The minimum Gasteiger partial charge on any atom is -0.484 e. The molecule has 2 unspecified atom stereocenters. The van der Waals surface area contributed by atoms with Crippen molar-refractivity contribution < 1.29 is 9.53 Å². The molecule has 1 saturated carbocycles. The van der Waals surface area contributed by atoms with Crippen LogP contribution in [0, 0.1) is 0 Å².